The van der Waals surface area contributed by atoms with Crippen molar-refractivity contribution in [2.24, 2.45) is 0 Å². The summed E-state index contributed by atoms with van der Waals surface area (Å²) in [5, 5.41) is 0. The van der Waals surface area contributed by atoms with Crippen LogP contribution in [0.1, 0.15) is 0 Å². The van der Waals surface area contributed by atoms with Gasteiger partial charge in [-0.25, -0.2) is 0 Å². The summed E-state index contributed by atoms with van der Waals surface area (Å²) in [7, 11) is 0. The maximum atomic E-state index is 2.41. The molecule has 0 heterocycles. The van der Waals surface area contributed by atoms with Gasteiger partial charge in [0.05, 0.1) is 0 Å². The Bertz CT molecular complexity index is 19.1. The second kappa shape index (κ2) is 1.38. The summed E-state index contributed by atoms with van der Waals surface area (Å²) in [6, 6.07) is 0. The molecule has 0 N–H and O–H groups in total. The molecule has 0 aromatic heterocycles. The standard InChI is InChI=1S/4CH3.Zn/h4*1H3;. The van der Waals surface area contributed by atoms with Gasteiger partial charge in [0.2, 0.25) is 0 Å². The number of hydrogen-bond acceptors (Lipinski definition) is 0. The molecule has 0 aliphatic heterocycles. The SMILES string of the molecule is [CH3][Zn]([CH3])([CH3])[CH3]. The van der Waals surface area contributed by atoms with E-state index in [2.05, 4.69) is 22.1 Å². The van der Waals surface area contributed by atoms with Crippen molar-refractivity contribution in [3.05, 3.63) is 0 Å². The number of hydrogen-bond donors (Lipinski definition) is 0. The topological polar surface area (TPSA) is 0 Å². The van der Waals surface area contributed by atoms with Crippen LogP contribution in [0, 0.1) is 0 Å². The first kappa shape index (κ1) is 5.62. The average Bonchev–Trinajstić information content (AvgIpc) is 0.722. The van der Waals surface area contributed by atoms with Gasteiger partial charge in [-0.1, -0.05) is 0 Å². The van der Waals surface area contributed by atoms with E-state index in [1.54, 1.807) is 0 Å². The van der Waals surface area contributed by atoms with Crippen molar-refractivity contribution >= 4 is 0 Å². The second-order valence-corrected chi connectivity index (χ2v) is 22.0. The predicted molar refractivity (Wildman–Crippen MR) is 23.5 cm³/mol. The van der Waals surface area contributed by atoms with E-state index < -0.39 is 14.8 Å². The molecule has 0 bridgehead atoms. The molecule has 0 amide bonds. The quantitative estimate of drug-likeness (QED) is 0.436. The van der Waals surface area contributed by atoms with Crippen molar-refractivity contribution in [2.75, 3.05) is 0 Å². The Kier molecular flexibility index (Phi) is 1.56. The minimum atomic E-state index is -1.25. The van der Waals surface area contributed by atoms with Crippen molar-refractivity contribution in [1.82, 2.24) is 0 Å². The minimum absolute atomic E-state index is 1.25. The van der Waals surface area contributed by atoms with Crippen LogP contribution in [0.5, 0.6) is 0 Å². The molecule has 0 unspecified atom stereocenters. The van der Waals surface area contributed by atoms with Crippen LogP contribution < -0.4 is 0 Å². The number of rotatable bonds is 0. The van der Waals surface area contributed by atoms with Gasteiger partial charge in [-0.3, -0.25) is 0 Å². The van der Waals surface area contributed by atoms with E-state index in [1.165, 1.54) is 0 Å². The van der Waals surface area contributed by atoms with Gasteiger partial charge in [0, 0.05) is 0 Å². The van der Waals surface area contributed by atoms with Crippen LogP contribution in [0.3, 0.4) is 0 Å². The monoisotopic (exact) mass is 124 g/mol. The molecular weight excluding hydrogens is 113 g/mol. The van der Waals surface area contributed by atoms with E-state index in [1.807, 2.05) is 0 Å². The summed E-state index contributed by atoms with van der Waals surface area (Å²) in [5.41, 5.74) is 9.62. The molecule has 0 aliphatic carbocycles. The van der Waals surface area contributed by atoms with E-state index in [9.17, 15) is 0 Å². The fraction of sp³-hybridized carbons (Fsp3) is 1.00. The van der Waals surface area contributed by atoms with Crippen molar-refractivity contribution in [2.45, 2.75) is 22.1 Å². The Hall–Kier alpha value is 0.623. The molecule has 30 valence electrons. The molecular formula is C4H12Zn. The first-order valence-corrected chi connectivity index (χ1v) is 14.7. The van der Waals surface area contributed by atoms with Gasteiger partial charge in [-0.2, -0.15) is 0 Å². The van der Waals surface area contributed by atoms with Gasteiger partial charge >= 0.3 is 36.8 Å². The van der Waals surface area contributed by atoms with Gasteiger partial charge in [0.15, 0.2) is 0 Å². The van der Waals surface area contributed by atoms with Gasteiger partial charge in [0.1, 0.15) is 0 Å². The maximum absolute atomic E-state index is 2.41. The summed E-state index contributed by atoms with van der Waals surface area (Å²) >= 11 is -1.25. The summed E-state index contributed by atoms with van der Waals surface area (Å²) in [6.45, 7) is 0. The predicted octanol–water partition coefficient (Wildman–Crippen LogP) is 2.33. The molecule has 0 nitrogen and oxygen atoms in total. The summed E-state index contributed by atoms with van der Waals surface area (Å²) in [4.78, 5) is 0. The third-order valence-electron chi connectivity index (χ3n) is 0. The zero-order valence-corrected chi connectivity index (χ0v) is 7.67. The molecule has 5 heavy (non-hydrogen) atoms. The third kappa shape index (κ3) is 81.9. The molecule has 0 atom stereocenters. The van der Waals surface area contributed by atoms with E-state index >= 15 is 0 Å². The fourth-order valence-electron chi connectivity index (χ4n) is 0. The molecule has 1 heteroatoms. The molecule has 0 saturated heterocycles. The zero-order chi connectivity index (χ0) is 4.50. The molecule has 0 aromatic rings. The Balaban J connectivity index is 3.02. The van der Waals surface area contributed by atoms with Crippen molar-refractivity contribution < 1.29 is 14.8 Å². The van der Waals surface area contributed by atoms with E-state index in [0.29, 0.717) is 0 Å². The summed E-state index contributed by atoms with van der Waals surface area (Å²) in [6.07, 6.45) is 0. The zero-order valence-electron chi connectivity index (χ0n) is 4.71. The van der Waals surface area contributed by atoms with Crippen LogP contribution in [0.25, 0.3) is 0 Å². The van der Waals surface area contributed by atoms with Crippen LogP contribution in [0.2, 0.25) is 22.1 Å². The van der Waals surface area contributed by atoms with Crippen LogP contribution in [0.15, 0.2) is 0 Å². The van der Waals surface area contributed by atoms with Crippen LogP contribution in [-0.4, -0.2) is 0 Å². The van der Waals surface area contributed by atoms with E-state index in [4.69, 9.17) is 0 Å². The van der Waals surface area contributed by atoms with Crippen LogP contribution in [0.4, 0.5) is 0 Å². The van der Waals surface area contributed by atoms with Crippen molar-refractivity contribution in [1.29, 1.82) is 0 Å². The molecule has 0 aliphatic rings. The average molecular weight is 126 g/mol. The Labute approximate surface area is 37.4 Å². The van der Waals surface area contributed by atoms with Crippen molar-refractivity contribution in [3.8, 4) is 0 Å². The Morgan fingerprint density at radius 2 is 0.800 bits per heavy atom. The molecule has 0 saturated carbocycles. The van der Waals surface area contributed by atoms with Gasteiger partial charge in [-0.05, 0) is 0 Å². The molecule has 0 spiro atoms. The van der Waals surface area contributed by atoms with Crippen LogP contribution >= 0.6 is 0 Å². The van der Waals surface area contributed by atoms with Gasteiger partial charge < -0.3 is 0 Å². The fourth-order valence-corrected chi connectivity index (χ4v) is 0. The molecule has 0 rings (SSSR count). The summed E-state index contributed by atoms with van der Waals surface area (Å²) in [5.74, 6) is 0. The second-order valence-electron chi connectivity index (χ2n) is 4.24. The Morgan fingerprint density at radius 1 is 0.800 bits per heavy atom. The summed E-state index contributed by atoms with van der Waals surface area (Å²) < 4.78 is 0. The van der Waals surface area contributed by atoms with E-state index in [0.717, 1.165) is 0 Å². The molecule has 0 fully saturated rings. The van der Waals surface area contributed by atoms with Crippen molar-refractivity contribution in [3.63, 3.8) is 0 Å². The van der Waals surface area contributed by atoms with Crippen LogP contribution in [-0.2, 0) is 14.8 Å². The molecule has 0 aromatic carbocycles. The first-order chi connectivity index (χ1) is 2.00. The van der Waals surface area contributed by atoms with Gasteiger partial charge in [0.25, 0.3) is 0 Å². The normalized spacial score (nSPS) is 8.80. The molecule has 0 radical (unpaired) electrons. The Morgan fingerprint density at radius 3 is 0.800 bits per heavy atom. The third-order valence-corrected chi connectivity index (χ3v) is 0. The van der Waals surface area contributed by atoms with Gasteiger partial charge in [-0.15, -0.1) is 0 Å². The first-order valence-electron chi connectivity index (χ1n) is 2.83. The van der Waals surface area contributed by atoms with E-state index in [-0.39, 0.29) is 0 Å².